The molecule has 2 amide bonds. The van der Waals surface area contributed by atoms with Crippen molar-refractivity contribution in [2.75, 3.05) is 13.2 Å². The first-order valence-electron chi connectivity index (χ1n) is 10.4. The van der Waals surface area contributed by atoms with Crippen LogP contribution < -0.4 is 9.47 Å². The number of hydrogen-bond donors (Lipinski definition) is 0. The lowest BCUT2D eigenvalue weighted by Crippen LogP contribution is -2.28. The number of thioether (sulfide) groups is 1. The predicted octanol–water partition coefficient (Wildman–Crippen LogP) is 6.67. The fraction of sp³-hybridized carbons (Fsp3) is 0.200. The number of halogens is 2. The number of hydrogen-bond acceptors (Lipinski definition) is 5. The molecule has 1 aliphatic rings. The summed E-state index contributed by atoms with van der Waals surface area (Å²) in [6.45, 7) is 4.49. The van der Waals surface area contributed by atoms with E-state index in [0.717, 1.165) is 27.4 Å². The van der Waals surface area contributed by atoms with Crippen molar-refractivity contribution in [1.82, 2.24) is 4.90 Å². The minimum atomic E-state index is -0.568. The number of benzene rings is 3. The van der Waals surface area contributed by atoms with Crippen LogP contribution in [-0.2, 0) is 11.3 Å². The molecule has 5 nitrogen and oxygen atoms in total. The van der Waals surface area contributed by atoms with Gasteiger partial charge in [-0.3, -0.25) is 14.5 Å². The zero-order valence-electron chi connectivity index (χ0n) is 18.1. The van der Waals surface area contributed by atoms with Gasteiger partial charge in [0.25, 0.3) is 11.1 Å². The van der Waals surface area contributed by atoms with Gasteiger partial charge in [-0.2, -0.15) is 0 Å². The Morgan fingerprint density at radius 3 is 2.55 bits per heavy atom. The summed E-state index contributed by atoms with van der Waals surface area (Å²) < 4.78 is 25.7. The molecule has 0 bridgehead atoms. The maximum atomic E-state index is 14.2. The van der Waals surface area contributed by atoms with E-state index in [-0.39, 0.29) is 22.0 Å². The van der Waals surface area contributed by atoms with Gasteiger partial charge in [0.2, 0.25) is 0 Å². The van der Waals surface area contributed by atoms with Gasteiger partial charge in [0, 0.05) is 16.1 Å². The number of carbonyl (C=O) groups excluding carboxylic acids is 2. The van der Waals surface area contributed by atoms with E-state index in [1.54, 1.807) is 6.08 Å². The summed E-state index contributed by atoms with van der Waals surface area (Å²) in [4.78, 5) is 27.0. The summed E-state index contributed by atoms with van der Waals surface area (Å²) >= 11 is 6.90. The maximum Gasteiger partial charge on any atom is 0.293 e. The number of fused-ring (bicyclic) bond motifs is 1. The molecule has 0 spiro atoms. The molecule has 170 valence electrons. The van der Waals surface area contributed by atoms with Gasteiger partial charge in [-0.05, 0) is 72.8 Å². The summed E-state index contributed by atoms with van der Waals surface area (Å²) in [6, 6.07) is 13.7. The van der Waals surface area contributed by atoms with Crippen LogP contribution in [0.5, 0.6) is 11.5 Å². The summed E-state index contributed by atoms with van der Waals surface area (Å²) in [7, 11) is 0. The van der Waals surface area contributed by atoms with E-state index >= 15 is 0 Å². The molecule has 3 aromatic carbocycles. The molecule has 1 fully saturated rings. The quantitative estimate of drug-likeness (QED) is 0.350. The van der Waals surface area contributed by atoms with Crippen LogP contribution in [0.15, 0.2) is 53.4 Å². The second-order valence-corrected chi connectivity index (χ2v) is 8.59. The van der Waals surface area contributed by atoms with Gasteiger partial charge in [0.15, 0.2) is 0 Å². The fourth-order valence-corrected chi connectivity index (χ4v) is 4.64. The standard InChI is InChI=1S/C25H21ClFNO4S/c1-3-31-16-10-8-15-9-11-22(32-4-2)18(17(15)12-16)13-23-24(29)28(25(30)33-23)14-19-20(26)6-5-7-21(19)27/h5-13H,3-4,14H2,1-2H3/b23-13-. The molecular formula is C25H21ClFNO4S. The van der Waals surface area contributed by atoms with Gasteiger partial charge in [-0.15, -0.1) is 0 Å². The van der Waals surface area contributed by atoms with Crippen LogP contribution in [0.2, 0.25) is 5.02 Å². The Labute approximate surface area is 200 Å². The van der Waals surface area contributed by atoms with Gasteiger partial charge in [0.1, 0.15) is 17.3 Å². The molecule has 1 heterocycles. The minimum Gasteiger partial charge on any atom is -0.494 e. The molecule has 0 aliphatic carbocycles. The highest BCUT2D eigenvalue weighted by atomic mass is 35.5. The zero-order valence-corrected chi connectivity index (χ0v) is 19.6. The largest absolute Gasteiger partial charge is 0.494 e. The van der Waals surface area contributed by atoms with E-state index in [1.807, 2.05) is 44.2 Å². The van der Waals surface area contributed by atoms with E-state index < -0.39 is 17.0 Å². The molecule has 0 atom stereocenters. The molecule has 3 aromatic rings. The first kappa shape index (κ1) is 23.1. The Bertz CT molecular complexity index is 1250. The maximum absolute atomic E-state index is 14.2. The number of nitrogens with zero attached hydrogens (tertiary/aromatic N) is 1. The monoisotopic (exact) mass is 485 g/mol. The lowest BCUT2D eigenvalue weighted by atomic mass is 10.0. The van der Waals surface area contributed by atoms with Crippen molar-refractivity contribution in [3.05, 3.63) is 75.4 Å². The second kappa shape index (κ2) is 9.85. The van der Waals surface area contributed by atoms with E-state index in [1.165, 1.54) is 18.2 Å². The van der Waals surface area contributed by atoms with Crippen LogP contribution in [0, 0.1) is 5.82 Å². The summed E-state index contributed by atoms with van der Waals surface area (Å²) in [5.74, 6) is 0.199. The minimum absolute atomic E-state index is 0.101. The summed E-state index contributed by atoms with van der Waals surface area (Å²) in [5.41, 5.74) is 0.773. The fourth-order valence-electron chi connectivity index (χ4n) is 3.60. The molecule has 1 saturated heterocycles. The molecular weight excluding hydrogens is 465 g/mol. The van der Waals surface area contributed by atoms with Crippen molar-refractivity contribution in [1.29, 1.82) is 0 Å². The topological polar surface area (TPSA) is 55.8 Å². The highest BCUT2D eigenvalue weighted by molar-refractivity contribution is 8.18. The van der Waals surface area contributed by atoms with Crippen LogP contribution in [0.4, 0.5) is 9.18 Å². The summed E-state index contributed by atoms with van der Waals surface area (Å²) in [6.07, 6.45) is 1.65. The number of rotatable bonds is 7. The van der Waals surface area contributed by atoms with Gasteiger partial charge in [-0.25, -0.2) is 4.39 Å². The SMILES string of the molecule is CCOc1ccc2ccc(OCC)c(/C=C3\SC(=O)N(Cc4c(F)cccc4Cl)C3=O)c2c1. The number of ether oxygens (including phenoxy) is 2. The molecule has 4 rings (SSSR count). The van der Waals surface area contributed by atoms with Crippen molar-refractivity contribution in [2.45, 2.75) is 20.4 Å². The first-order chi connectivity index (χ1) is 15.9. The number of imide groups is 1. The molecule has 33 heavy (non-hydrogen) atoms. The first-order valence-corrected chi connectivity index (χ1v) is 11.6. The van der Waals surface area contributed by atoms with Crippen LogP contribution in [0.25, 0.3) is 16.8 Å². The zero-order chi connectivity index (χ0) is 23.5. The van der Waals surface area contributed by atoms with E-state index in [0.29, 0.717) is 30.3 Å². The third kappa shape index (κ3) is 4.70. The van der Waals surface area contributed by atoms with Gasteiger partial charge in [-0.1, -0.05) is 29.8 Å². The lowest BCUT2D eigenvalue weighted by Gasteiger charge is -2.14. The number of amides is 2. The van der Waals surface area contributed by atoms with Crippen LogP contribution >= 0.6 is 23.4 Å². The third-order valence-electron chi connectivity index (χ3n) is 5.13. The molecule has 0 radical (unpaired) electrons. The summed E-state index contributed by atoms with van der Waals surface area (Å²) in [5, 5.41) is 1.44. The van der Waals surface area contributed by atoms with Crippen molar-refractivity contribution in [3.8, 4) is 11.5 Å². The highest BCUT2D eigenvalue weighted by Crippen LogP contribution is 2.39. The second-order valence-electron chi connectivity index (χ2n) is 7.19. The molecule has 8 heteroatoms. The Kier molecular flexibility index (Phi) is 6.91. The van der Waals surface area contributed by atoms with E-state index in [9.17, 15) is 14.0 Å². The van der Waals surface area contributed by atoms with Crippen molar-refractivity contribution in [3.63, 3.8) is 0 Å². The normalized spacial score (nSPS) is 15.0. The van der Waals surface area contributed by atoms with Gasteiger partial charge in [0.05, 0.1) is 24.7 Å². The Morgan fingerprint density at radius 2 is 1.82 bits per heavy atom. The molecule has 1 aliphatic heterocycles. The lowest BCUT2D eigenvalue weighted by molar-refractivity contribution is -0.123. The Morgan fingerprint density at radius 1 is 1.06 bits per heavy atom. The Hall–Kier alpha value is -3.03. The highest BCUT2D eigenvalue weighted by Gasteiger charge is 2.36. The average Bonchev–Trinajstić information content (AvgIpc) is 3.05. The molecule has 0 N–H and O–H groups in total. The van der Waals surface area contributed by atoms with E-state index in [4.69, 9.17) is 21.1 Å². The van der Waals surface area contributed by atoms with Gasteiger partial charge >= 0.3 is 0 Å². The van der Waals surface area contributed by atoms with Crippen molar-refractivity contribution < 1.29 is 23.5 Å². The van der Waals surface area contributed by atoms with Gasteiger partial charge < -0.3 is 9.47 Å². The predicted molar refractivity (Wildman–Crippen MR) is 129 cm³/mol. The van der Waals surface area contributed by atoms with Crippen LogP contribution in [-0.4, -0.2) is 29.3 Å². The molecule has 0 aromatic heterocycles. The van der Waals surface area contributed by atoms with Crippen LogP contribution in [0.1, 0.15) is 25.0 Å². The van der Waals surface area contributed by atoms with Crippen LogP contribution in [0.3, 0.4) is 0 Å². The van der Waals surface area contributed by atoms with Crippen molar-refractivity contribution >= 4 is 51.4 Å². The third-order valence-corrected chi connectivity index (χ3v) is 6.39. The Balaban J connectivity index is 1.75. The average molecular weight is 486 g/mol. The number of carbonyl (C=O) groups is 2. The van der Waals surface area contributed by atoms with E-state index in [2.05, 4.69) is 0 Å². The molecule has 0 saturated carbocycles. The smallest absolute Gasteiger partial charge is 0.293 e. The molecule has 0 unspecified atom stereocenters. The van der Waals surface area contributed by atoms with Crippen molar-refractivity contribution in [2.24, 2.45) is 0 Å².